The average Bonchev–Trinajstić information content (AvgIpc) is 2.46. The predicted octanol–water partition coefficient (Wildman–Crippen LogP) is 3.44. The summed E-state index contributed by atoms with van der Waals surface area (Å²) in [7, 11) is 0. The van der Waals surface area contributed by atoms with Crippen molar-refractivity contribution in [1.82, 2.24) is 4.98 Å². The highest BCUT2D eigenvalue weighted by atomic mass is 16.1. The third kappa shape index (κ3) is 3.75. The van der Waals surface area contributed by atoms with E-state index >= 15 is 0 Å². The van der Waals surface area contributed by atoms with Crippen LogP contribution in [-0.2, 0) is 5.41 Å². The lowest BCUT2D eigenvalue weighted by Crippen LogP contribution is -2.14. The molecule has 0 aliphatic carbocycles. The van der Waals surface area contributed by atoms with E-state index in [4.69, 9.17) is 0 Å². The summed E-state index contributed by atoms with van der Waals surface area (Å²) in [5.74, 6) is -0.222. The van der Waals surface area contributed by atoms with E-state index in [1.54, 1.807) is 18.2 Å². The number of carbonyl (C=O) groups is 2. The largest absolute Gasteiger partial charge is 0.321 e. The molecular weight excluding hydrogens is 264 g/mol. The monoisotopic (exact) mass is 282 g/mol. The number of hydrogen-bond acceptors (Lipinski definition) is 3. The Hall–Kier alpha value is -2.49. The molecule has 0 fully saturated rings. The average molecular weight is 282 g/mol. The molecule has 4 heteroatoms. The van der Waals surface area contributed by atoms with Gasteiger partial charge in [-0.25, -0.2) is 0 Å². The number of amides is 1. The fraction of sp³-hybridized carbons (Fsp3) is 0.235. The van der Waals surface area contributed by atoms with Crippen LogP contribution in [0.4, 0.5) is 5.69 Å². The number of benzene rings is 1. The van der Waals surface area contributed by atoms with Crippen molar-refractivity contribution >= 4 is 17.9 Å². The number of anilines is 1. The molecule has 0 atom stereocenters. The van der Waals surface area contributed by atoms with Crippen LogP contribution in [0.25, 0.3) is 0 Å². The summed E-state index contributed by atoms with van der Waals surface area (Å²) < 4.78 is 0. The van der Waals surface area contributed by atoms with Crippen molar-refractivity contribution in [2.75, 3.05) is 5.32 Å². The molecule has 0 radical (unpaired) electrons. The zero-order chi connectivity index (χ0) is 15.5. The first kappa shape index (κ1) is 14.9. The molecule has 2 rings (SSSR count). The quantitative estimate of drug-likeness (QED) is 0.877. The van der Waals surface area contributed by atoms with Gasteiger partial charge in [-0.2, -0.15) is 0 Å². The minimum Gasteiger partial charge on any atom is -0.321 e. The van der Waals surface area contributed by atoms with Gasteiger partial charge < -0.3 is 5.32 Å². The number of nitrogens with zero attached hydrogens (tertiary/aromatic N) is 1. The van der Waals surface area contributed by atoms with Crippen LogP contribution in [-0.4, -0.2) is 17.2 Å². The van der Waals surface area contributed by atoms with Crippen LogP contribution in [0.2, 0.25) is 0 Å². The van der Waals surface area contributed by atoms with Crippen molar-refractivity contribution in [3.63, 3.8) is 0 Å². The summed E-state index contributed by atoms with van der Waals surface area (Å²) in [6.45, 7) is 6.37. The number of nitrogens with one attached hydrogen (secondary N) is 1. The number of carbonyl (C=O) groups excluding carboxylic acids is 2. The molecule has 0 bridgehead atoms. The molecule has 1 aromatic carbocycles. The van der Waals surface area contributed by atoms with E-state index in [9.17, 15) is 9.59 Å². The first-order valence-electron chi connectivity index (χ1n) is 6.72. The molecule has 1 aromatic heterocycles. The number of rotatable bonds is 3. The smallest absolute Gasteiger partial charge is 0.255 e. The highest BCUT2D eigenvalue weighted by Crippen LogP contribution is 2.22. The fourth-order valence-electron chi connectivity index (χ4n) is 1.92. The number of aldehydes is 1. The van der Waals surface area contributed by atoms with Crippen LogP contribution >= 0.6 is 0 Å². The maximum atomic E-state index is 12.1. The van der Waals surface area contributed by atoms with E-state index in [-0.39, 0.29) is 11.3 Å². The summed E-state index contributed by atoms with van der Waals surface area (Å²) in [5.41, 5.74) is 2.72. The zero-order valence-electron chi connectivity index (χ0n) is 12.4. The second-order valence-corrected chi connectivity index (χ2v) is 5.91. The molecule has 4 nitrogen and oxygen atoms in total. The standard InChI is InChI=1S/C17H18N2O2/c1-17(2,3)14-6-4-13(5-7-14)16(21)19-15-8-12(11-20)9-18-10-15/h4-11H,1-3H3,(H,19,21). The Balaban J connectivity index is 2.15. The van der Waals surface area contributed by atoms with E-state index in [2.05, 4.69) is 31.1 Å². The Bertz CT molecular complexity index is 655. The lowest BCUT2D eigenvalue weighted by molar-refractivity contribution is 0.102. The second kappa shape index (κ2) is 5.87. The highest BCUT2D eigenvalue weighted by Gasteiger charge is 2.14. The van der Waals surface area contributed by atoms with Crippen molar-refractivity contribution in [1.29, 1.82) is 0 Å². The Kier molecular flexibility index (Phi) is 4.17. The fourth-order valence-corrected chi connectivity index (χ4v) is 1.92. The first-order valence-corrected chi connectivity index (χ1v) is 6.72. The van der Waals surface area contributed by atoms with Crippen molar-refractivity contribution in [3.05, 3.63) is 59.4 Å². The number of aromatic nitrogens is 1. The maximum absolute atomic E-state index is 12.1. The van der Waals surface area contributed by atoms with Gasteiger partial charge in [0.25, 0.3) is 5.91 Å². The summed E-state index contributed by atoms with van der Waals surface area (Å²) in [6, 6.07) is 9.09. The van der Waals surface area contributed by atoms with Crippen LogP contribution in [0.1, 0.15) is 47.1 Å². The van der Waals surface area contributed by atoms with Gasteiger partial charge in [-0.05, 0) is 29.2 Å². The van der Waals surface area contributed by atoms with Crippen molar-refractivity contribution < 1.29 is 9.59 Å². The molecular formula is C17H18N2O2. The third-order valence-electron chi connectivity index (χ3n) is 3.17. The van der Waals surface area contributed by atoms with E-state index in [0.29, 0.717) is 23.1 Å². The molecule has 1 amide bonds. The summed E-state index contributed by atoms with van der Waals surface area (Å²) in [5, 5.41) is 2.73. The van der Waals surface area contributed by atoms with Gasteiger partial charge >= 0.3 is 0 Å². The lowest BCUT2D eigenvalue weighted by Gasteiger charge is -2.19. The minimum absolute atomic E-state index is 0.0528. The third-order valence-corrected chi connectivity index (χ3v) is 3.17. The van der Waals surface area contributed by atoms with Crippen molar-refractivity contribution in [2.24, 2.45) is 0 Å². The first-order chi connectivity index (χ1) is 9.90. The molecule has 0 saturated carbocycles. The molecule has 2 aromatic rings. The van der Waals surface area contributed by atoms with E-state index in [1.165, 1.54) is 18.0 Å². The Labute approximate surface area is 124 Å². The summed E-state index contributed by atoms with van der Waals surface area (Å²) >= 11 is 0. The Morgan fingerprint density at radius 3 is 2.38 bits per heavy atom. The zero-order valence-corrected chi connectivity index (χ0v) is 12.4. The highest BCUT2D eigenvalue weighted by molar-refractivity contribution is 6.04. The number of pyridine rings is 1. The SMILES string of the molecule is CC(C)(C)c1ccc(C(=O)Nc2cncc(C=O)c2)cc1. The topological polar surface area (TPSA) is 59.1 Å². The molecule has 0 aliphatic rings. The van der Waals surface area contributed by atoms with Gasteiger partial charge in [0.1, 0.15) is 0 Å². The molecule has 1 heterocycles. The van der Waals surface area contributed by atoms with Crippen LogP contribution < -0.4 is 5.32 Å². The van der Waals surface area contributed by atoms with Gasteiger partial charge in [-0.3, -0.25) is 14.6 Å². The summed E-state index contributed by atoms with van der Waals surface area (Å²) in [4.78, 5) is 26.7. The Morgan fingerprint density at radius 2 is 1.81 bits per heavy atom. The van der Waals surface area contributed by atoms with Gasteiger partial charge in [0.05, 0.1) is 11.9 Å². The van der Waals surface area contributed by atoms with Crippen LogP contribution in [0.3, 0.4) is 0 Å². The van der Waals surface area contributed by atoms with E-state index in [0.717, 1.165) is 0 Å². The van der Waals surface area contributed by atoms with Gasteiger partial charge in [0, 0.05) is 17.3 Å². The van der Waals surface area contributed by atoms with Crippen LogP contribution in [0.5, 0.6) is 0 Å². The second-order valence-electron chi connectivity index (χ2n) is 5.91. The molecule has 108 valence electrons. The minimum atomic E-state index is -0.222. The van der Waals surface area contributed by atoms with Gasteiger partial charge in [-0.15, -0.1) is 0 Å². The Morgan fingerprint density at radius 1 is 1.14 bits per heavy atom. The van der Waals surface area contributed by atoms with Gasteiger partial charge in [-0.1, -0.05) is 32.9 Å². The summed E-state index contributed by atoms with van der Waals surface area (Å²) in [6.07, 6.45) is 3.65. The van der Waals surface area contributed by atoms with E-state index < -0.39 is 0 Å². The molecule has 0 unspecified atom stereocenters. The molecule has 21 heavy (non-hydrogen) atoms. The molecule has 1 N–H and O–H groups in total. The predicted molar refractivity (Wildman–Crippen MR) is 82.7 cm³/mol. The van der Waals surface area contributed by atoms with Crippen LogP contribution in [0, 0.1) is 0 Å². The lowest BCUT2D eigenvalue weighted by atomic mass is 9.87. The van der Waals surface area contributed by atoms with Gasteiger partial charge in [0.2, 0.25) is 0 Å². The van der Waals surface area contributed by atoms with Crippen LogP contribution in [0.15, 0.2) is 42.7 Å². The molecule has 0 spiro atoms. The van der Waals surface area contributed by atoms with Gasteiger partial charge in [0.15, 0.2) is 6.29 Å². The molecule has 0 saturated heterocycles. The molecule has 0 aliphatic heterocycles. The van der Waals surface area contributed by atoms with Crippen molar-refractivity contribution in [3.8, 4) is 0 Å². The maximum Gasteiger partial charge on any atom is 0.255 e. The number of hydrogen-bond donors (Lipinski definition) is 1. The normalized spacial score (nSPS) is 11.0. The van der Waals surface area contributed by atoms with Crippen molar-refractivity contribution in [2.45, 2.75) is 26.2 Å². The van der Waals surface area contributed by atoms with E-state index in [1.807, 2.05) is 12.1 Å².